The summed E-state index contributed by atoms with van der Waals surface area (Å²) in [7, 11) is -2.16. The van der Waals surface area contributed by atoms with Gasteiger partial charge in [0, 0.05) is 20.3 Å². The molecule has 2 rings (SSSR count). The smallest absolute Gasteiger partial charge is 0.253 e. The van der Waals surface area contributed by atoms with Crippen LogP contribution in [0.2, 0.25) is 0 Å². The van der Waals surface area contributed by atoms with Crippen molar-refractivity contribution in [2.45, 2.75) is 33.2 Å². The molecule has 0 saturated carbocycles. The molecule has 2 N–H and O–H groups in total. The summed E-state index contributed by atoms with van der Waals surface area (Å²) in [5.74, 6) is -0.881. The van der Waals surface area contributed by atoms with Crippen LogP contribution >= 0.6 is 0 Å². The van der Waals surface area contributed by atoms with Crippen LogP contribution in [0.25, 0.3) is 0 Å². The molecule has 174 valence electrons. The van der Waals surface area contributed by atoms with Gasteiger partial charge in [0.05, 0.1) is 23.2 Å². The van der Waals surface area contributed by atoms with E-state index in [0.29, 0.717) is 36.5 Å². The molecular formula is C23H31N3O5S. The third-order valence-electron chi connectivity index (χ3n) is 4.79. The van der Waals surface area contributed by atoms with Crippen LogP contribution in [0.5, 0.6) is 0 Å². The third-order valence-corrected chi connectivity index (χ3v) is 6.03. The second kappa shape index (κ2) is 11.1. The monoisotopic (exact) mass is 461 g/mol. The van der Waals surface area contributed by atoms with Crippen LogP contribution in [0.1, 0.15) is 34.8 Å². The molecule has 2 amide bonds. The molecule has 0 aliphatic heterocycles. The first-order chi connectivity index (χ1) is 15.0. The fourth-order valence-electron chi connectivity index (χ4n) is 3.43. The van der Waals surface area contributed by atoms with Crippen LogP contribution < -0.4 is 14.9 Å². The molecule has 2 aromatic rings. The molecule has 32 heavy (non-hydrogen) atoms. The Labute approximate surface area is 190 Å². The van der Waals surface area contributed by atoms with E-state index >= 15 is 0 Å². The highest BCUT2D eigenvalue weighted by atomic mass is 32.2. The van der Waals surface area contributed by atoms with Gasteiger partial charge in [0.2, 0.25) is 15.9 Å². The van der Waals surface area contributed by atoms with Crippen molar-refractivity contribution < 1.29 is 22.7 Å². The van der Waals surface area contributed by atoms with Gasteiger partial charge in [0.25, 0.3) is 5.91 Å². The average molecular weight is 462 g/mol. The highest BCUT2D eigenvalue weighted by molar-refractivity contribution is 7.92. The van der Waals surface area contributed by atoms with Gasteiger partial charge in [-0.2, -0.15) is 0 Å². The molecule has 0 aromatic heterocycles. The SMILES string of the molecule is COCCCNC(=O)c1ccccc1NC(=O)[C@H](C)N(c1cc(C)cc(C)c1)S(C)(=O)=O. The molecule has 0 aliphatic rings. The van der Waals surface area contributed by atoms with Crippen molar-refractivity contribution in [2.75, 3.05) is 36.1 Å². The number of amides is 2. The van der Waals surface area contributed by atoms with Crippen molar-refractivity contribution in [3.63, 3.8) is 0 Å². The van der Waals surface area contributed by atoms with Crippen molar-refractivity contribution in [2.24, 2.45) is 0 Å². The number of rotatable bonds is 10. The van der Waals surface area contributed by atoms with Crippen molar-refractivity contribution in [3.05, 3.63) is 59.2 Å². The first-order valence-electron chi connectivity index (χ1n) is 10.3. The number of hydrogen-bond donors (Lipinski definition) is 2. The molecule has 0 heterocycles. The Balaban J connectivity index is 2.26. The lowest BCUT2D eigenvalue weighted by Gasteiger charge is -2.29. The highest BCUT2D eigenvalue weighted by Gasteiger charge is 2.30. The summed E-state index contributed by atoms with van der Waals surface area (Å²) >= 11 is 0. The highest BCUT2D eigenvalue weighted by Crippen LogP contribution is 2.25. The fraction of sp³-hybridized carbons (Fsp3) is 0.391. The molecule has 1 atom stereocenters. The standard InChI is InChI=1S/C23H31N3O5S/c1-16-13-17(2)15-19(14-16)26(32(5,29)30)18(3)22(27)25-21-10-7-6-9-20(21)23(28)24-11-8-12-31-4/h6-7,9-10,13-15,18H,8,11-12H2,1-5H3,(H,24,28)(H,25,27)/t18-/m0/s1. The van der Waals surface area contributed by atoms with Crippen LogP contribution in [0.4, 0.5) is 11.4 Å². The van der Waals surface area contributed by atoms with Crippen LogP contribution in [0.3, 0.4) is 0 Å². The number of carbonyl (C=O) groups is 2. The lowest BCUT2D eigenvalue weighted by atomic mass is 10.1. The number of benzene rings is 2. The molecule has 0 unspecified atom stereocenters. The molecule has 9 heteroatoms. The summed E-state index contributed by atoms with van der Waals surface area (Å²) < 4.78 is 31.2. The van der Waals surface area contributed by atoms with E-state index in [9.17, 15) is 18.0 Å². The van der Waals surface area contributed by atoms with Crippen LogP contribution in [-0.4, -0.2) is 52.8 Å². The number of sulfonamides is 1. The molecule has 0 fully saturated rings. The first kappa shape index (κ1) is 25.4. The second-order valence-electron chi connectivity index (χ2n) is 7.72. The molecule has 0 bridgehead atoms. The zero-order valence-corrected chi connectivity index (χ0v) is 20.0. The summed E-state index contributed by atoms with van der Waals surface area (Å²) in [6.07, 6.45) is 1.73. The Morgan fingerprint density at radius 3 is 2.31 bits per heavy atom. The van der Waals surface area contributed by atoms with E-state index < -0.39 is 22.0 Å². The van der Waals surface area contributed by atoms with Crippen molar-refractivity contribution >= 4 is 33.2 Å². The van der Waals surface area contributed by atoms with Crippen molar-refractivity contribution in [1.82, 2.24) is 5.32 Å². The van der Waals surface area contributed by atoms with Gasteiger partial charge in [-0.25, -0.2) is 8.42 Å². The average Bonchev–Trinajstić information content (AvgIpc) is 2.69. The van der Waals surface area contributed by atoms with Crippen molar-refractivity contribution in [1.29, 1.82) is 0 Å². The maximum Gasteiger partial charge on any atom is 0.253 e. The fourth-order valence-corrected chi connectivity index (χ4v) is 4.59. The number of nitrogens with one attached hydrogen (secondary N) is 2. The van der Waals surface area contributed by atoms with Gasteiger partial charge >= 0.3 is 0 Å². The number of hydrogen-bond acceptors (Lipinski definition) is 5. The molecule has 0 saturated heterocycles. The summed E-state index contributed by atoms with van der Waals surface area (Å²) in [6, 6.07) is 10.9. The maximum absolute atomic E-state index is 13.1. The normalized spacial score (nSPS) is 12.2. The first-order valence-corrected chi connectivity index (χ1v) is 12.1. The zero-order valence-electron chi connectivity index (χ0n) is 19.1. The van der Waals surface area contributed by atoms with E-state index in [1.165, 1.54) is 6.92 Å². The minimum Gasteiger partial charge on any atom is -0.385 e. The van der Waals surface area contributed by atoms with E-state index in [1.807, 2.05) is 19.9 Å². The van der Waals surface area contributed by atoms with Crippen LogP contribution in [0.15, 0.2) is 42.5 Å². The van der Waals surface area contributed by atoms with Gasteiger partial charge in [-0.3, -0.25) is 13.9 Å². The van der Waals surface area contributed by atoms with Crippen LogP contribution in [0, 0.1) is 13.8 Å². The minimum atomic E-state index is -3.75. The van der Waals surface area contributed by atoms with Gasteiger partial charge in [-0.15, -0.1) is 0 Å². The topological polar surface area (TPSA) is 105 Å². The van der Waals surface area contributed by atoms with Crippen molar-refractivity contribution in [3.8, 4) is 0 Å². The molecule has 0 radical (unpaired) electrons. The summed E-state index contributed by atoms with van der Waals surface area (Å²) in [5.41, 5.74) is 2.79. The van der Waals surface area contributed by atoms with Gasteiger partial charge in [-0.1, -0.05) is 18.2 Å². The quantitative estimate of drug-likeness (QED) is 0.530. The number of aryl methyl sites for hydroxylation is 2. The summed E-state index contributed by atoms with van der Waals surface area (Å²) in [4.78, 5) is 25.6. The number of nitrogens with zero attached hydrogens (tertiary/aromatic N) is 1. The zero-order chi connectivity index (χ0) is 23.9. The largest absolute Gasteiger partial charge is 0.385 e. The number of carbonyl (C=O) groups excluding carboxylic acids is 2. The molecular weight excluding hydrogens is 430 g/mol. The predicted octanol–water partition coefficient (Wildman–Crippen LogP) is 2.86. The van der Waals surface area contributed by atoms with E-state index in [1.54, 1.807) is 43.5 Å². The number of para-hydroxylation sites is 1. The molecule has 0 spiro atoms. The van der Waals surface area contributed by atoms with Gasteiger partial charge in [-0.05, 0) is 62.6 Å². The Morgan fingerprint density at radius 2 is 1.72 bits per heavy atom. The number of ether oxygens (including phenoxy) is 1. The lowest BCUT2D eigenvalue weighted by molar-refractivity contribution is -0.116. The summed E-state index contributed by atoms with van der Waals surface area (Å²) in [6.45, 7) is 6.20. The summed E-state index contributed by atoms with van der Waals surface area (Å²) in [5, 5.41) is 5.50. The van der Waals surface area contributed by atoms with Gasteiger partial charge < -0.3 is 15.4 Å². The van der Waals surface area contributed by atoms with E-state index in [2.05, 4.69) is 10.6 Å². The van der Waals surface area contributed by atoms with Gasteiger partial charge in [0.1, 0.15) is 6.04 Å². The maximum atomic E-state index is 13.1. The Morgan fingerprint density at radius 1 is 1.09 bits per heavy atom. The lowest BCUT2D eigenvalue weighted by Crippen LogP contribution is -2.45. The second-order valence-corrected chi connectivity index (χ2v) is 9.58. The molecule has 8 nitrogen and oxygen atoms in total. The Hall–Kier alpha value is -2.91. The van der Waals surface area contributed by atoms with Crippen LogP contribution in [-0.2, 0) is 19.6 Å². The number of anilines is 2. The van der Waals surface area contributed by atoms with E-state index in [-0.39, 0.29) is 5.91 Å². The molecule has 2 aromatic carbocycles. The minimum absolute atomic E-state index is 0.294. The molecule has 0 aliphatic carbocycles. The Kier molecular flexibility index (Phi) is 8.80. The third kappa shape index (κ3) is 6.80. The van der Waals surface area contributed by atoms with E-state index in [4.69, 9.17) is 4.74 Å². The number of methoxy groups -OCH3 is 1. The van der Waals surface area contributed by atoms with E-state index in [0.717, 1.165) is 21.7 Å². The predicted molar refractivity (Wildman–Crippen MR) is 127 cm³/mol. The Bertz CT molecular complexity index is 1050. The van der Waals surface area contributed by atoms with Gasteiger partial charge in [0.15, 0.2) is 0 Å².